The van der Waals surface area contributed by atoms with Crippen molar-refractivity contribution in [2.45, 2.75) is 18.9 Å². The molecule has 0 bridgehead atoms. The lowest BCUT2D eigenvalue weighted by atomic mass is 10.1. The molecule has 4 rings (SSSR count). The van der Waals surface area contributed by atoms with Gasteiger partial charge in [-0.2, -0.15) is 0 Å². The first-order chi connectivity index (χ1) is 14.0. The predicted octanol–water partition coefficient (Wildman–Crippen LogP) is 4.05. The Labute approximate surface area is 169 Å². The van der Waals surface area contributed by atoms with E-state index in [-0.39, 0.29) is 17.0 Å². The average Bonchev–Trinajstić information content (AvgIpc) is 3.39. The molecule has 0 unspecified atom stereocenters. The molecule has 2 aromatic carbocycles. The summed E-state index contributed by atoms with van der Waals surface area (Å²) in [5, 5.41) is 11.4. The Kier molecular flexibility index (Phi) is 5.30. The summed E-state index contributed by atoms with van der Waals surface area (Å²) in [6.45, 7) is 0.553. The highest BCUT2D eigenvalue weighted by Crippen LogP contribution is 2.34. The Bertz CT molecular complexity index is 1040. The van der Waals surface area contributed by atoms with E-state index >= 15 is 0 Å². The van der Waals surface area contributed by atoms with Crippen LogP contribution in [-0.4, -0.2) is 33.5 Å². The molecule has 2 heterocycles. The van der Waals surface area contributed by atoms with Gasteiger partial charge in [-0.05, 0) is 61.4 Å². The highest BCUT2D eigenvalue weighted by atomic mass is 32.1. The molecule has 9 heteroatoms. The van der Waals surface area contributed by atoms with Crippen molar-refractivity contribution < 1.29 is 18.4 Å². The second kappa shape index (κ2) is 8.04. The van der Waals surface area contributed by atoms with Crippen LogP contribution in [0.2, 0.25) is 0 Å². The number of halogens is 2. The quantitative estimate of drug-likeness (QED) is 0.699. The number of aromatic nitrogens is 2. The average molecular weight is 414 g/mol. The van der Waals surface area contributed by atoms with Crippen molar-refractivity contribution in [3.8, 4) is 0 Å². The van der Waals surface area contributed by atoms with E-state index in [0.29, 0.717) is 29.2 Å². The Balaban J connectivity index is 1.49. The zero-order chi connectivity index (χ0) is 20.4. The van der Waals surface area contributed by atoms with Gasteiger partial charge in [-0.1, -0.05) is 11.3 Å². The summed E-state index contributed by atoms with van der Waals surface area (Å²) in [6.07, 6.45) is 1.51. The summed E-state index contributed by atoms with van der Waals surface area (Å²) in [7, 11) is 0. The molecule has 3 aromatic rings. The number of carbonyl (C=O) groups is 2. The molecule has 1 atom stereocenters. The molecule has 1 aliphatic heterocycles. The largest absolute Gasteiger partial charge is 0.329 e. The molecule has 1 saturated heterocycles. The molecule has 1 aliphatic rings. The summed E-state index contributed by atoms with van der Waals surface area (Å²) in [6, 6.07) is 10.5. The van der Waals surface area contributed by atoms with Crippen molar-refractivity contribution in [1.29, 1.82) is 0 Å². The number of hydrogen-bond donors (Lipinski definition) is 1. The highest BCUT2D eigenvalue weighted by molar-refractivity contribution is 7.13. The van der Waals surface area contributed by atoms with Crippen molar-refractivity contribution in [3.63, 3.8) is 0 Å². The summed E-state index contributed by atoms with van der Waals surface area (Å²) >= 11 is 1.12. The van der Waals surface area contributed by atoms with Gasteiger partial charge in [0.15, 0.2) is 0 Å². The van der Waals surface area contributed by atoms with E-state index in [9.17, 15) is 18.4 Å². The third-order valence-electron chi connectivity index (χ3n) is 4.63. The van der Waals surface area contributed by atoms with Gasteiger partial charge in [0.1, 0.15) is 16.6 Å². The second-order valence-corrected chi connectivity index (χ2v) is 7.58. The van der Waals surface area contributed by atoms with Gasteiger partial charge >= 0.3 is 0 Å². The molecule has 148 valence electrons. The highest BCUT2D eigenvalue weighted by Gasteiger charge is 2.33. The van der Waals surface area contributed by atoms with Gasteiger partial charge in [0.2, 0.25) is 5.01 Å². The Morgan fingerprint density at radius 3 is 2.34 bits per heavy atom. The van der Waals surface area contributed by atoms with Crippen LogP contribution in [0.1, 0.15) is 44.1 Å². The molecular formula is C20H16F2N4O2S. The maximum atomic E-state index is 13.1. The molecule has 0 spiro atoms. The summed E-state index contributed by atoms with van der Waals surface area (Å²) < 4.78 is 26.1. The molecule has 6 nitrogen and oxygen atoms in total. The number of carbonyl (C=O) groups excluding carboxylic acids is 2. The van der Waals surface area contributed by atoms with Crippen LogP contribution >= 0.6 is 11.3 Å². The van der Waals surface area contributed by atoms with Gasteiger partial charge in [0, 0.05) is 17.8 Å². The third-order valence-corrected chi connectivity index (χ3v) is 5.65. The number of nitrogens with zero attached hydrogens (tertiary/aromatic N) is 3. The van der Waals surface area contributed by atoms with Gasteiger partial charge in [-0.3, -0.25) is 9.59 Å². The SMILES string of the molecule is O=C(Nc1ccc(F)cc1)c1nnc([C@H]2CCCN2C(=O)c2ccc(F)cc2)s1. The maximum absolute atomic E-state index is 13.1. The summed E-state index contributed by atoms with van der Waals surface area (Å²) in [5.74, 6) is -1.46. The van der Waals surface area contributed by atoms with E-state index < -0.39 is 17.5 Å². The van der Waals surface area contributed by atoms with Crippen LogP contribution in [0.4, 0.5) is 14.5 Å². The first kappa shape index (κ1) is 19.1. The van der Waals surface area contributed by atoms with E-state index in [4.69, 9.17) is 0 Å². The molecule has 0 radical (unpaired) electrons. The number of anilines is 1. The molecule has 0 saturated carbocycles. The zero-order valence-electron chi connectivity index (χ0n) is 15.1. The van der Waals surface area contributed by atoms with Crippen molar-refractivity contribution in [3.05, 3.63) is 75.7 Å². The normalized spacial score (nSPS) is 16.1. The van der Waals surface area contributed by atoms with E-state index in [1.807, 2.05) is 0 Å². The topological polar surface area (TPSA) is 75.2 Å². The summed E-state index contributed by atoms with van der Waals surface area (Å²) in [5.41, 5.74) is 0.847. The minimum absolute atomic E-state index is 0.158. The first-order valence-corrected chi connectivity index (χ1v) is 9.80. The van der Waals surface area contributed by atoms with Gasteiger partial charge in [0.25, 0.3) is 11.8 Å². The minimum atomic E-state index is -0.449. The Morgan fingerprint density at radius 1 is 1.00 bits per heavy atom. The number of hydrogen-bond acceptors (Lipinski definition) is 5. The lowest BCUT2D eigenvalue weighted by molar-refractivity contribution is 0.0735. The van der Waals surface area contributed by atoms with Crippen LogP contribution in [0.3, 0.4) is 0 Å². The van der Waals surface area contributed by atoms with E-state index in [1.165, 1.54) is 48.5 Å². The number of likely N-dealkylation sites (tertiary alicyclic amines) is 1. The van der Waals surface area contributed by atoms with Gasteiger partial charge in [0.05, 0.1) is 6.04 Å². The van der Waals surface area contributed by atoms with Crippen LogP contribution in [0.15, 0.2) is 48.5 Å². The van der Waals surface area contributed by atoms with Gasteiger partial charge in [-0.15, -0.1) is 10.2 Å². The number of nitrogens with one attached hydrogen (secondary N) is 1. The van der Waals surface area contributed by atoms with Crippen LogP contribution in [0, 0.1) is 11.6 Å². The van der Waals surface area contributed by atoms with Gasteiger partial charge < -0.3 is 10.2 Å². The standard InChI is InChI=1S/C20H16F2N4O2S/c21-13-5-3-12(4-6-13)20(28)26-11-1-2-16(26)18-24-25-19(29-18)17(27)23-15-9-7-14(22)8-10-15/h3-10,16H,1-2,11H2,(H,23,27)/t16-/m1/s1. The fraction of sp³-hybridized carbons (Fsp3) is 0.200. The second-order valence-electron chi connectivity index (χ2n) is 6.57. The molecule has 1 fully saturated rings. The molecule has 1 N–H and O–H groups in total. The lowest BCUT2D eigenvalue weighted by Crippen LogP contribution is -2.30. The molecule has 1 aromatic heterocycles. The van der Waals surface area contributed by atoms with Crippen molar-refractivity contribution in [2.75, 3.05) is 11.9 Å². The van der Waals surface area contributed by atoms with Crippen LogP contribution in [0.5, 0.6) is 0 Å². The van der Waals surface area contributed by atoms with E-state index in [0.717, 1.165) is 17.8 Å². The predicted molar refractivity (Wildman–Crippen MR) is 104 cm³/mol. The van der Waals surface area contributed by atoms with Crippen LogP contribution in [0.25, 0.3) is 0 Å². The van der Waals surface area contributed by atoms with E-state index in [1.54, 1.807) is 4.90 Å². The first-order valence-electron chi connectivity index (χ1n) is 8.98. The monoisotopic (exact) mass is 414 g/mol. The Morgan fingerprint density at radius 2 is 1.66 bits per heavy atom. The molecule has 0 aliphatic carbocycles. The number of rotatable bonds is 4. The van der Waals surface area contributed by atoms with Crippen molar-refractivity contribution in [2.24, 2.45) is 0 Å². The minimum Gasteiger partial charge on any atom is -0.329 e. The van der Waals surface area contributed by atoms with Gasteiger partial charge in [-0.25, -0.2) is 8.78 Å². The van der Waals surface area contributed by atoms with Crippen LogP contribution in [-0.2, 0) is 0 Å². The molecule has 29 heavy (non-hydrogen) atoms. The maximum Gasteiger partial charge on any atom is 0.286 e. The fourth-order valence-corrected chi connectivity index (χ4v) is 4.09. The van der Waals surface area contributed by atoms with Crippen molar-refractivity contribution >= 4 is 28.8 Å². The van der Waals surface area contributed by atoms with Crippen molar-refractivity contribution in [1.82, 2.24) is 15.1 Å². The van der Waals surface area contributed by atoms with Crippen LogP contribution < -0.4 is 5.32 Å². The summed E-state index contributed by atoms with van der Waals surface area (Å²) in [4.78, 5) is 26.9. The Hall–Kier alpha value is -3.20. The molecular weight excluding hydrogens is 398 g/mol. The lowest BCUT2D eigenvalue weighted by Gasteiger charge is -2.22. The fourth-order valence-electron chi connectivity index (χ4n) is 3.20. The number of benzene rings is 2. The van der Waals surface area contributed by atoms with E-state index in [2.05, 4.69) is 15.5 Å². The smallest absolute Gasteiger partial charge is 0.286 e. The molecule has 2 amide bonds. The third kappa shape index (κ3) is 4.14. The zero-order valence-corrected chi connectivity index (χ0v) is 16.0. The number of amides is 2.